The van der Waals surface area contributed by atoms with Crippen LogP contribution >= 0.6 is 0 Å². The van der Waals surface area contributed by atoms with Crippen LogP contribution in [0.4, 0.5) is 31.1 Å². The Morgan fingerprint density at radius 3 is 2.26 bits per heavy atom. The van der Waals surface area contributed by atoms with Gasteiger partial charge in [-0.3, -0.25) is 9.69 Å². The minimum absolute atomic E-state index is 0.0793. The van der Waals surface area contributed by atoms with Crippen molar-refractivity contribution >= 4 is 11.9 Å². The summed E-state index contributed by atoms with van der Waals surface area (Å²) in [5.74, 6) is -0.221. The Labute approximate surface area is 214 Å². The molecule has 4 rings (SSSR count). The molecule has 0 saturated carbocycles. The van der Waals surface area contributed by atoms with Crippen molar-refractivity contribution in [1.82, 2.24) is 10.2 Å². The lowest BCUT2D eigenvalue weighted by atomic mass is 9.88. The second kappa shape index (κ2) is 9.79. The monoisotopic (exact) mass is 544 g/mol. The third kappa shape index (κ3) is 4.38. The van der Waals surface area contributed by atoms with Crippen molar-refractivity contribution in [3.63, 3.8) is 0 Å². The summed E-state index contributed by atoms with van der Waals surface area (Å²) < 4.78 is 91.8. The van der Waals surface area contributed by atoms with E-state index in [0.29, 0.717) is 18.4 Å². The molecule has 0 aliphatic carbocycles. The lowest BCUT2D eigenvalue weighted by molar-refractivity contribution is -0.385. The summed E-state index contributed by atoms with van der Waals surface area (Å²) in [4.78, 5) is 26.5. The van der Waals surface area contributed by atoms with Crippen LogP contribution < -0.4 is 10.1 Å². The summed E-state index contributed by atoms with van der Waals surface area (Å²) in [5.41, 5.74) is -5.85. The van der Waals surface area contributed by atoms with E-state index in [0.717, 1.165) is 17.0 Å². The number of hydrogen-bond acceptors (Lipinski definition) is 4. The van der Waals surface area contributed by atoms with E-state index in [9.17, 15) is 35.9 Å². The number of carbonyl (C=O) groups excluding carboxylic acids is 2. The number of urea groups is 1. The highest BCUT2D eigenvalue weighted by atomic mass is 19.4. The first-order valence-electron chi connectivity index (χ1n) is 12.0. The van der Waals surface area contributed by atoms with Crippen molar-refractivity contribution in [3.05, 3.63) is 64.7 Å². The molecule has 0 radical (unpaired) electrons. The van der Waals surface area contributed by atoms with Crippen LogP contribution in [0.25, 0.3) is 0 Å². The zero-order chi connectivity index (χ0) is 27.9. The molecule has 38 heavy (non-hydrogen) atoms. The van der Waals surface area contributed by atoms with E-state index in [-0.39, 0.29) is 42.4 Å². The van der Waals surface area contributed by atoms with Gasteiger partial charge in [-0.25, -0.2) is 4.79 Å². The maximum Gasteiger partial charge on any atom is 0.430 e. The zero-order valence-electron chi connectivity index (χ0n) is 20.6. The topological polar surface area (TPSA) is 67.9 Å². The van der Waals surface area contributed by atoms with Crippen LogP contribution in [0.3, 0.4) is 0 Å². The average Bonchev–Trinajstić information content (AvgIpc) is 3.36. The molecule has 0 bridgehead atoms. The van der Waals surface area contributed by atoms with E-state index in [2.05, 4.69) is 10.1 Å². The molecule has 1 unspecified atom stereocenters. The molecule has 206 valence electrons. The lowest BCUT2D eigenvalue weighted by Gasteiger charge is -2.33. The molecule has 1 atom stereocenters. The van der Waals surface area contributed by atoms with Gasteiger partial charge in [0.25, 0.3) is 11.5 Å². The summed E-state index contributed by atoms with van der Waals surface area (Å²) in [6, 6.07) is 10.2. The predicted molar refractivity (Wildman–Crippen MR) is 123 cm³/mol. The fraction of sp³-hybridized carbons (Fsp3) is 0.462. The highest BCUT2D eigenvalue weighted by molar-refractivity contribution is 6.07. The molecule has 2 aromatic carbocycles. The minimum Gasteiger partial charge on any atom is -0.493 e. The molecular weight excluding hydrogens is 518 g/mol. The molecule has 6 nitrogen and oxygen atoms in total. The smallest absolute Gasteiger partial charge is 0.430 e. The Kier molecular flexibility index (Phi) is 7.15. The van der Waals surface area contributed by atoms with Crippen molar-refractivity contribution in [2.45, 2.75) is 63.2 Å². The molecule has 12 heteroatoms. The fourth-order valence-electron chi connectivity index (χ4n) is 5.00. The van der Waals surface area contributed by atoms with Gasteiger partial charge < -0.3 is 14.8 Å². The third-order valence-electron chi connectivity index (χ3n) is 7.01. The molecule has 1 N–H and O–H groups in total. The van der Waals surface area contributed by atoms with Gasteiger partial charge >= 0.3 is 18.4 Å². The highest BCUT2D eigenvalue weighted by Crippen LogP contribution is 2.58. The number of benzene rings is 2. The van der Waals surface area contributed by atoms with Crippen LogP contribution in [-0.4, -0.2) is 42.3 Å². The largest absolute Gasteiger partial charge is 0.493 e. The molecule has 1 fully saturated rings. The van der Waals surface area contributed by atoms with Crippen molar-refractivity contribution in [2.75, 3.05) is 13.2 Å². The number of hydrogen-bond donors (Lipinski definition) is 1. The SMILES string of the molecule is CCc1c(OCCCCN2C(=O)NC(C)(c3ccccc3)C2=O)ccc2c1COC2(C(F)(F)F)C(F)(F)F. The molecule has 2 aliphatic rings. The first-order chi connectivity index (χ1) is 17.8. The quantitative estimate of drug-likeness (QED) is 0.262. The average molecular weight is 544 g/mol. The first-order valence-corrected chi connectivity index (χ1v) is 12.0. The van der Waals surface area contributed by atoms with Crippen molar-refractivity contribution in [2.24, 2.45) is 0 Å². The number of fused-ring (bicyclic) bond motifs is 1. The van der Waals surface area contributed by atoms with Gasteiger partial charge in [-0.2, -0.15) is 26.3 Å². The Morgan fingerprint density at radius 1 is 1.00 bits per heavy atom. The van der Waals surface area contributed by atoms with Crippen LogP contribution in [0.5, 0.6) is 5.75 Å². The number of ether oxygens (including phenoxy) is 2. The standard InChI is InChI=1S/C26H26F6N2O4/c1-3-17-18-15-38-24(25(27,28)29,26(30,31)32)19(18)11-12-20(17)37-14-8-7-13-34-21(35)23(2,33-22(34)36)16-9-5-4-6-10-16/h4-6,9-12H,3,7-8,13-15H2,1-2H3,(H,33,36). The number of alkyl halides is 6. The van der Waals surface area contributed by atoms with E-state index in [1.165, 1.54) is 0 Å². The number of carbonyl (C=O) groups is 2. The number of amides is 3. The number of halogens is 6. The van der Waals surface area contributed by atoms with E-state index in [1.54, 1.807) is 44.2 Å². The van der Waals surface area contributed by atoms with Crippen molar-refractivity contribution in [1.29, 1.82) is 0 Å². The summed E-state index contributed by atoms with van der Waals surface area (Å²) in [6.45, 7) is 2.58. The van der Waals surface area contributed by atoms with Gasteiger partial charge in [0.05, 0.1) is 13.2 Å². The molecular formula is C26H26F6N2O4. The summed E-state index contributed by atoms with van der Waals surface area (Å²) in [6.07, 6.45) is -10.5. The Bertz CT molecular complexity index is 1200. The maximum atomic E-state index is 13.6. The zero-order valence-corrected chi connectivity index (χ0v) is 20.6. The third-order valence-corrected chi connectivity index (χ3v) is 7.01. The normalized spacial score (nSPS) is 21.0. The number of nitrogens with zero attached hydrogens (tertiary/aromatic N) is 1. The van der Waals surface area contributed by atoms with Gasteiger partial charge in [-0.1, -0.05) is 43.3 Å². The van der Waals surface area contributed by atoms with E-state index in [4.69, 9.17) is 4.74 Å². The Hall–Kier alpha value is -3.28. The lowest BCUT2D eigenvalue weighted by Crippen LogP contribution is -2.53. The van der Waals surface area contributed by atoms with Gasteiger partial charge in [-0.05, 0) is 48.9 Å². The van der Waals surface area contributed by atoms with Crippen molar-refractivity contribution in [3.8, 4) is 5.75 Å². The molecule has 2 aliphatic heterocycles. The number of unbranched alkanes of at least 4 members (excludes halogenated alkanes) is 1. The number of imide groups is 1. The molecule has 1 saturated heterocycles. The number of nitrogens with one attached hydrogen (secondary N) is 1. The van der Waals surface area contributed by atoms with Crippen LogP contribution in [0.15, 0.2) is 42.5 Å². The molecule has 2 aromatic rings. The predicted octanol–water partition coefficient (Wildman–Crippen LogP) is 5.73. The molecule has 2 heterocycles. The van der Waals surface area contributed by atoms with Crippen LogP contribution in [0.1, 0.15) is 48.9 Å². The summed E-state index contributed by atoms with van der Waals surface area (Å²) in [5, 5.41) is 2.71. The minimum atomic E-state index is -5.69. The fourth-order valence-corrected chi connectivity index (χ4v) is 5.00. The van der Waals surface area contributed by atoms with Gasteiger partial charge in [0, 0.05) is 12.1 Å². The van der Waals surface area contributed by atoms with Gasteiger partial charge in [0.2, 0.25) is 0 Å². The second-order valence-electron chi connectivity index (χ2n) is 9.32. The summed E-state index contributed by atoms with van der Waals surface area (Å²) >= 11 is 0. The number of rotatable bonds is 8. The van der Waals surface area contributed by atoms with Crippen LogP contribution in [0, 0.1) is 0 Å². The summed E-state index contributed by atoms with van der Waals surface area (Å²) in [7, 11) is 0. The van der Waals surface area contributed by atoms with E-state index in [1.807, 2.05) is 0 Å². The molecule has 0 spiro atoms. The van der Waals surface area contributed by atoms with E-state index < -0.39 is 41.7 Å². The first kappa shape index (κ1) is 27.7. The second-order valence-corrected chi connectivity index (χ2v) is 9.32. The highest BCUT2D eigenvalue weighted by Gasteiger charge is 2.75. The Balaban J connectivity index is 1.40. The van der Waals surface area contributed by atoms with Gasteiger partial charge in [0.1, 0.15) is 11.3 Å². The molecule has 0 aromatic heterocycles. The Morgan fingerprint density at radius 2 is 1.66 bits per heavy atom. The van der Waals surface area contributed by atoms with Crippen LogP contribution in [-0.2, 0) is 33.7 Å². The maximum absolute atomic E-state index is 13.6. The van der Waals surface area contributed by atoms with Gasteiger partial charge in [-0.15, -0.1) is 0 Å². The van der Waals surface area contributed by atoms with E-state index >= 15 is 0 Å². The van der Waals surface area contributed by atoms with Crippen LogP contribution in [0.2, 0.25) is 0 Å². The molecule has 3 amide bonds. The van der Waals surface area contributed by atoms with Crippen molar-refractivity contribution < 1.29 is 45.4 Å². The van der Waals surface area contributed by atoms with Gasteiger partial charge in [0.15, 0.2) is 0 Å².